The number of rotatable bonds is 5. The first-order chi connectivity index (χ1) is 9.99. The van der Waals surface area contributed by atoms with E-state index in [0.717, 1.165) is 13.2 Å². The average molecular weight is 289 g/mol. The molecule has 1 aliphatic rings. The van der Waals surface area contributed by atoms with Crippen LogP contribution < -0.4 is 5.32 Å². The molecule has 21 heavy (non-hydrogen) atoms. The highest BCUT2D eigenvalue weighted by atomic mass is 16.5. The van der Waals surface area contributed by atoms with Gasteiger partial charge in [0.1, 0.15) is 0 Å². The molecule has 0 radical (unpaired) electrons. The third-order valence-electron chi connectivity index (χ3n) is 4.34. The second-order valence-electron chi connectivity index (χ2n) is 7.48. The van der Waals surface area contributed by atoms with Gasteiger partial charge in [-0.15, -0.1) is 0 Å². The van der Waals surface area contributed by atoms with Crippen LogP contribution in [0.15, 0.2) is 30.3 Å². The smallest absolute Gasteiger partial charge is 0.0811 e. The molecule has 1 aliphatic carbocycles. The van der Waals surface area contributed by atoms with Crippen molar-refractivity contribution in [1.82, 2.24) is 5.32 Å². The maximum atomic E-state index is 6.47. The molecule has 0 aliphatic heterocycles. The van der Waals surface area contributed by atoms with Crippen LogP contribution in [-0.4, -0.2) is 17.7 Å². The van der Waals surface area contributed by atoms with Crippen LogP contribution in [0.25, 0.3) is 0 Å². The van der Waals surface area contributed by atoms with Crippen LogP contribution in [0.4, 0.5) is 0 Å². The van der Waals surface area contributed by atoms with Gasteiger partial charge in [-0.1, -0.05) is 56.0 Å². The Bertz CT molecular complexity index is 399. The lowest BCUT2D eigenvalue weighted by Crippen LogP contribution is -2.49. The highest BCUT2D eigenvalue weighted by molar-refractivity contribution is 5.13. The Hall–Kier alpha value is -0.860. The van der Waals surface area contributed by atoms with Crippen LogP contribution >= 0.6 is 0 Å². The Morgan fingerprint density at radius 3 is 2.19 bits per heavy atom. The Balaban J connectivity index is 2.00. The van der Waals surface area contributed by atoms with E-state index in [1.54, 1.807) is 0 Å². The molecule has 0 amide bonds. The number of ether oxygens (including phenoxy) is 1. The summed E-state index contributed by atoms with van der Waals surface area (Å²) < 4.78 is 6.47. The Morgan fingerprint density at radius 2 is 1.62 bits per heavy atom. The van der Waals surface area contributed by atoms with Gasteiger partial charge >= 0.3 is 0 Å². The fourth-order valence-corrected chi connectivity index (χ4v) is 2.98. The zero-order valence-corrected chi connectivity index (χ0v) is 14.0. The van der Waals surface area contributed by atoms with Gasteiger partial charge in [0.05, 0.1) is 12.2 Å². The summed E-state index contributed by atoms with van der Waals surface area (Å²) in [6, 6.07) is 10.5. The van der Waals surface area contributed by atoms with E-state index in [-0.39, 0.29) is 11.1 Å². The van der Waals surface area contributed by atoms with Crippen LogP contribution in [0.1, 0.15) is 64.9 Å². The highest BCUT2D eigenvalue weighted by Crippen LogP contribution is 2.31. The van der Waals surface area contributed by atoms with Gasteiger partial charge in [0.15, 0.2) is 0 Å². The summed E-state index contributed by atoms with van der Waals surface area (Å²) >= 11 is 0. The largest absolute Gasteiger partial charge is 0.369 e. The highest BCUT2D eigenvalue weighted by Gasteiger charge is 2.32. The van der Waals surface area contributed by atoms with E-state index < -0.39 is 0 Å². The van der Waals surface area contributed by atoms with Gasteiger partial charge in [0.25, 0.3) is 0 Å². The van der Waals surface area contributed by atoms with Crippen LogP contribution in [-0.2, 0) is 11.3 Å². The summed E-state index contributed by atoms with van der Waals surface area (Å²) in [4.78, 5) is 0. The van der Waals surface area contributed by atoms with E-state index in [1.165, 1.54) is 44.1 Å². The number of benzene rings is 1. The van der Waals surface area contributed by atoms with Crippen LogP contribution in [0.5, 0.6) is 0 Å². The Labute approximate surface area is 130 Å². The molecule has 2 nitrogen and oxygen atoms in total. The van der Waals surface area contributed by atoms with Gasteiger partial charge < -0.3 is 10.1 Å². The van der Waals surface area contributed by atoms with E-state index in [1.807, 2.05) is 0 Å². The predicted molar refractivity (Wildman–Crippen MR) is 89.4 cm³/mol. The molecule has 0 spiro atoms. The third kappa shape index (κ3) is 5.80. The molecule has 0 aromatic heterocycles. The molecule has 1 aromatic carbocycles. The van der Waals surface area contributed by atoms with E-state index in [9.17, 15) is 0 Å². The number of hydrogen-bond acceptors (Lipinski definition) is 2. The lowest BCUT2D eigenvalue weighted by molar-refractivity contribution is -0.0684. The normalized spacial score (nSPS) is 19.2. The summed E-state index contributed by atoms with van der Waals surface area (Å²) in [5.41, 5.74) is 1.44. The van der Waals surface area contributed by atoms with Crippen molar-refractivity contribution in [2.24, 2.45) is 0 Å². The van der Waals surface area contributed by atoms with E-state index in [4.69, 9.17) is 4.74 Å². The second kappa shape index (κ2) is 7.42. The maximum Gasteiger partial charge on any atom is 0.0811 e. The van der Waals surface area contributed by atoms with E-state index in [0.29, 0.717) is 0 Å². The summed E-state index contributed by atoms with van der Waals surface area (Å²) in [5.74, 6) is 0. The lowest BCUT2D eigenvalue weighted by atomic mass is 9.92. The summed E-state index contributed by atoms with van der Waals surface area (Å²) in [7, 11) is 0. The molecule has 2 rings (SSSR count). The molecule has 0 bridgehead atoms. The molecule has 1 fully saturated rings. The first-order valence-corrected chi connectivity index (χ1v) is 8.42. The van der Waals surface area contributed by atoms with Gasteiger partial charge in [-0.2, -0.15) is 0 Å². The fraction of sp³-hybridized carbons (Fsp3) is 0.684. The quantitative estimate of drug-likeness (QED) is 0.794. The van der Waals surface area contributed by atoms with Crippen LogP contribution in [0.3, 0.4) is 0 Å². The predicted octanol–water partition coefficient (Wildman–Crippen LogP) is 4.68. The molecule has 0 saturated heterocycles. The first kappa shape index (κ1) is 16.5. The average Bonchev–Trinajstić information content (AvgIpc) is 2.70. The maximum absolute atomic E-state index is 6.47. The van der Waals surface area contributed by atoms with Crippen molar-refractivity contribution in [2.75, 3.05) is 6.54 Å². The molecule has 1 aromatic rings. The molecule has 2 heteroatoms. The monoisotopic (exact) mass is 289 g/mol. The molecular formula is C19H31NO. The summed E-state index contributed by atoms with van der Waals surface area (Å²) in [6.07, 6.45) is 7.66. The molecule has 1 saturated carbocycles. The lowest BCUT2D eigenvalue weighted by Gasteiger charge is -2.36. The SMILES string of the molecule is CC(C)(C)NCC1(OCc2ccccc2)CCCCCC1. The first-order valence-electron chi connectivity index (χ1n) is 8.42. The molecule has 0 unspecified atom stereocenters. The van der Waals surface area contributed by atoms with Gasteiger partial charge in [0, 0.05) is 12.1 Å². The third-order valence-corrected chi connectivity index (χ3v) is 4.34. The Kier molecular flexibility index (Phi) is 5.83. The van der Waals surface area contributed by atoms with Crippen molar-refractivity contribution in [3.8, 4) is 0 Å². The van der Waals surface area contributed by atoms with Crippen molar-refractivity contribution in [3.05, 3.63) is 35.9 Å². The zero-order chi connectivity index (χ0) is 15.2. The topological polar surface area (TPSA) is 21.3 Å². The van der Waals surface area contributed by atoms with Gasteiger partial charge in [-0.05, 0) is 39.2 Å². The molecule has 1 N–H and O–H groups in total. The minimum absolute atomic E-state index is 0.0135. The van der Waals surface area contributed by atoms with Crippen molar-refractivity contribution in [2.45, 2.75) is 77.0 Å². The standard InChI is InChI=1S/C19H31NO/c1-18(2,3)20-16-19(13-9-4-5-10-14-19)21-15-17-11-7-6-8-12-17/h6-8,11-12,20H,4-5,9-10,13-16H2,1-3H3. The second-order valence-corrected chi connectivity index (χ2v) is 7.48. The summed E-state index contributed by atoms with van der Waals surface area (Å²) in [5, 5.41) is 3.67. The number of hydrogen-bond donors (Lipinski definition) is 1. The number of nitrogens with one attached hydrogen (secondary N) is 1. The van der Waals surface area contributed by atoms with Gasteiger partial charge in [0.2, 0.25) is 0 Å². The van der Waals surface area contributed by atoms with Crippen molar-refractivity contribution < 1.29 is 4.74 Å². The fourth-order valence-electron chi connectivity index (χ4n) is 2.98. The van der Waals surface area contributed by atoms with Gasteiger partial charge in [-0.3, -0.25) is 0 Å². The van der Waals surface area contributed by atoms with Crippen molar-refractivity contribution in [3.63, 3.8) is 0 Å². The van der Waals surface area contributed by atoms with Gasteiger partial charge in [-0.25, -0.2) is 0 Å². The van der Waals surface area contributed by atoms with Crippen LogP contribution in [0.2, 0.25) is 0 Å². The van der Waals surface area contributed by atoms with E-state index >= 15 is 0 Å². The minimum atomic E-state index is 0.0135. The molecule has 0 heterocycles. The van der Waals surface area contributed by atoms with Crippen molar-refractivity contribution >= 4 is 0 Å². The minimum Gasteiger partial charge on any atom is -0.369 e. The zero-order valence-electron chi connectivity index (χ0n) is 14.0. The van der Waals surface area contributed by atoms with E-state index in [2.05, 4.69) is 56.4 Å². The molecule has 118 valence electrons. The van der Waals surface area contributed by atoms with Crippen molar-refractivity contribution in [1.29, 1.82) is 0 Å². The Morgan fingerprint density at radius 1 is 1.00 bits per heavy atom. The summed E-state index contributed by atoms with van der Waals surface area (Å²) in [6.45, 7) is 8.38. The molecular weight excluding hydrogens is 258 g/mol. The molecule has 0 atom stereocenters. The van der Waals surface area contributed by atoms with Crippen LogP contribution in [0, 0.1) is 0 Å².